The number of ether oxygens (including phenoxy) is 3. The van der Waals surface area contributed by atoms with Gasteiger partial charge in [-0.3, -0.25) is 4.79 Å². The summed E-state index contributed by atoms with van der Waals surface area (Å²) < 4.78 is 39.0. The number of carbonyl (C=O) groups is 2. The van der Waals surface area contributed by atoms with Crippen molar-refractivity contribution in [3.63, 3.8) is 0 Å². The molecule has 0 aliphatic heterocycles. The number of methoxy groups -OCH3 is 2. The van der Waals surface area contributed by atoms with Crippen molar-refractivity contribution in [2.24, 2.45) is 0 Å². The third kappa shape index (κ3) is 7.63. The predicted octanol–water partition coefficient (Wildman–Crippen LogP) is 0.171. The molecule has 0 aromatic heterocycles. The van der Waals surface area contributed by atoms with Crippen LogP contribution in [0.3, 0.4) is 0 Å². The molecule has 0 aliphatic rings. The van der Waals surface area contributed by atoms with Crippen molar-refractivity contribution in [3.8, 4) is 0 Å². The number of amides is 1. The van der Waals surface area contributed by atoms with E-state index in [2.05, 4.69) is 10.1 Å². The van der Waals surface area contributed by atoms with E-state index in [9.17, 15) is 18.0 Å². The van der Waals surface area contributed by atoms with Crippen LogP contribution in [0.5, 0.6) is 0 Å². The van der Waals surface area contributed by atoms with Crippen LogP contribution in [0.25, 0.3) is 0 Å². The van der Waals surface area contributed by atoms with Gasteiger partial charge in [0.05, 0.1) is 31.0 Å². The van der Waals surface area contributed by atoms with E-state index in [1.807, 2.05) is 0 Å². The Labute approximate surface area is 147 Å². The first-order valence-corrected chi connectivity index (χ1v) is 9.27. The maximum atomic E-state index is 12.3. The third-order valence-corrected chi connectivity index (χ3v) is 5.03. The molecule has 0 bridgehead atoms. The van der Waals surface area contributed by atoms with Gasteiger partial charge in [-0.1, -0.05) is 18.2 Å². The summed E-state index contributed by atoms with van der Waals surface area (Å²) in [5.74, 6) is -1.56. The van der Waals surface area contributed by atoms with Crippen LogP contribution in [0.4, 0.5) is 0 Å². The zero-order valence-corrected chi connectivity index (χ0v) is 15.1. The molecule has 8 nitrogen and oxygen atoms in total. The van der Waals surface area contributed by atoms with Gasteiger partial charge in [0.2, 0.25) is 5.91 Å². The molecular formula is C16H23NO7S. The highest BCUT2D eigenvalue weighted by atomic mass is 32.2. The molecule has 0 heterocycles. The van der Waals surface area contributed by atoms with Gasteiger partial charge in [-0.25, -0.2) is 13.2 Å². The summed E-state index contributed by atoms with van der Waals surface area (Å²) in [5.41, 5.74) is 0. The minimum Gasteiger partial charge on any atom is -0.467 e. The molecule has 0 fully saturated rings. The van der Waals surface area contributed by atoms with Crippen LogP contribution >= 0.6 is 0 Å². The molecule has 0 unspecified atom stereocenters. The second-order valence-electron chi connectivity index (χ2n) is 5.11. The SMILES string of the molecule is COCCOCC(=O)N[C@H](CCS(=O)(=O)c1ccccc1)C(=O)OC. The highest BCUT2D eigenvalue weighted by Crippen LogP contribution is 2.12. The molecule has 0 radical (unpaired) electrons. The zero-order chi connectivity index (χ0) is 18.7. The van der Waals surface area contributed by atoms with Crippen molar-refractivity contribution >= 4 is 21.7 Å². The Balaban J connectivity index is 2.61. The fourth-order valence-corrected chi connectivity index (χ4v) is 3.31. The predicted molar refractivity (Wildman–Crippen MR) is 89.8 cm³/mol. The molecule has 9 heteroatoms. The second kappa shape index (κ2) is 10.8. The Morgan fingerprint density at radius 3 is 2.40 bits per heavy atom. The van der Waals surface area contributed by atoms with Gasteiger partial charge in [0.25, 0.3) is 0 Å². The van der Waals surface area contributed by atoms with Gasteiger partial charge in [0.1, 0.15) is 12.6 Å². The Bertz CT molecular complexity index is 646. The number of carbonyl (C=O) groups excluding carboxylic acids is 2. The number of hydrogen-bond donors (Lipinski definition) is 1. The molecule has 25 heavy (non-hydrogen) atoms. The van der Waals surface area contributed by atoms with Crippen LogP contribution in [0.15, 0.2) is 35.2 Å². The molecule has 0 aliphatic carbocycles. The Kier molecular flexibility index (Phi) is 9.11. The molecule has 1 aromatic carbocycles. The topological polar surface area (TPSA) is 108 Å². The summed E-state index contributed by atoms with van der Waals surface area (Å²) in [6.45, 7) is 0.306. The number of benzene rings is 1. The van der Waals surface area contributed by atoms with Crippen molar-refractivity contribution in [1.29, 1.82) is 0 Å². The van der Waals surface area contributed by atoms with Crippen LogP contribution in [-0.4, -0.2) is 66.1 Å². The summed E-state index contributed by atoms with van der Waals surface area (Å²) in [6, 6.07) is 6.82. The van der Waals surface area contributed by atoms with Gasteiger partial charge in [-0.05, 0) is 18.6 Å². The first kappa shape index (κ1) is 21.1. The molecule has 1 N–H and O–H groups in total. The third-order valence-electron chi connectivity index (χ3n) is 3.26. The number of sulfone groups is 1. The molecule has 1 rings (SSSR count). The summed E-state index contributed by atoms with van der Waals surface area (Å²) in [7, 11) is -0.891. The van der Waals surface area contributed by atoms with Crippen molar-refractivity contribution in [2.45, 2.75) is 17.4 Å². The first-order chi connectivity index (χ1) is 11.9. The quantitative estimate of drug-likeness (QED) is 0.435. The smallest absolute Gasteiger partial charge is 0.328 e. The Morgan fingerprint density at radius 2 is 1.80 bits per heavy atom. The van der Waals surface area contributed by atoms with Gasteiger partial charge < -0.3 is 19.5 Å². The number of esters is 1. The number of nitrogens with one attached hydrogen (secondary N) is 1. The van der Waals surface area contributed by atoms with E-state index in [0.717, 1.165) is 0 Å². The minimum atomic E-state index is -3.56. The lowest BCUT2D eigenvalue weighted by molar-refractivity contribution is -0.145. The molecule has 0 spiro atoms. The molecule has 1 aromatic rings. The molecule has 0 saturated carbocycles. The molecule has 1 atom stereocenters. The Hall–Kier alpha value is -1.97. The summed E-state index contributed by atoms with van der Waals surface area (Å²) in [6.07, 6.45) is -0.103. The van der Waals surface area contributed by atoms with Gasteiger partial charge in [0, 0.05) is 7.11 Å². The van der Waals surface area contributed by atoms with E-state index in [1.165, 1.54) is 26.4 Å². The van der Waals surface area contributed by atoms with Crippen molar-refractivity contribution in [2.75, 3.05) is 39.8 Å². The van der Waals surface area contributed by atoms with Crippen molar-refractivity contribution < 1.29 is 32.2 Å². The average Bonchev–Trinajstić information content (AvgIpc) is 2.62. The lowest BCUT2D eigenvalue weighted by Gasteiger charge is -2.16. The van der Waals surface area contributed by atoms with E-state index < -0.39 is 27.8 Å². The largest absolute Gasteiger partial charge is 0.467 e. The van der Waals surface area contributed by atoms with Gasteiger partial charge in [0.15, 0.2) is 9.84 Å². The van der Waals surface area contributed by atoms with E-state index >= 15 is 0 Å². The first-order valence-electron chi connectivity index (χ1n) is 7.62. The fraction of sp³-hybridized carbons (Fsp3) is 0.500. The summed E-state index contributed by atoms with van der Waals surface area (Å²) in [4.78, 5) is 23.7. The highest BCUT2D eigenvalue weighted by molar-refractivity contribution is 7.91. The second-order valence-corrected chi connectivity index (χ2v) is 7.22. The van der Waals surface area contributed by atoms with Crippen molar-refractivity contribution in [3.05, 3.63) is 30.3 Å². The van der Waals surface area contributed by atoms with Crippen LogP contribution in [-0.2, 0) is 33.6 Å². The van der Waals surface area contributed by atoms with E-state index in [1.54, 1.807) is 18.2 Å². The molecular weight excluding hydrogens is 350 g/mol. The van der Waals surface area contributed by atoms with E-state index in [-0.39, 0.29) is 30.3 Å². The van der Waals surface area contributed by atoms with Crippen LogP contribution in [0.1, 0.15) is 6.42 Å². The molecule has 140 valence electrons. The highest BCUT2D eigenvalue weighted by Gasteiger charge is 2.25. The average molecular weight is 373 g/mol. The number of rotatable bonds is 11. The van der Waals surface area contributed by atoms with Crippen LogP contribution < -0.4 is 5.32 Å². The normalized spacial score (nSPS) is 12.4. The van der Waals surface area contributed by atoms with Gasteiger partial charge >= 0.3 is 5.97 Å². The minimum absolute atomic E-state index is 0.103. The van der Waals surface area contributed by atoms with Crippen molar-refractivity contribution in [1.82, 2.24) is 5.32 Å². The number of hydrogen-bond acceptors (Lipinski definition) is 7. The van der Waals surface area contributed by atoms with E-state index in [0.29, 0.717) is 6.61 Å². The van der Waals surface area contributed by atoms with Gasteiger partial charge in [-0.2, -0.15) is 0 Å². The molecule has 0 saturated heterocycles. The standard InChI is InChI=1S/C16H23NO7S/c1-22-9-10-24-12-15(18)17-14(16(19)23-2)8-11-25(20,21)13-6-4-3-5-7-13/h3-7,14H,8-12H2,1-2H3,(H,17,18)/t14-/m1/s1. The fourth-order valence-electron chi connectivity index (χ4n) is 1.95. The van der Waals surface area contributed by atoms with E-state index in [4.69, 9.17) is 9.47 Å². The van der Waals surface area contributed by atoms with Crippen LogP contribution in [0, 0.1) is 0 Å². The summed E-state index contributed by atoms with van der Waals surface area (Å²) >= 11 is 0. The maximum absolute atomic E-state index is 12.3. The summed E-state index contributed by atoms with van der Waals surface area (Å²) in [5, 5.41) is 2.42. The van der Waals surface area contributed by atoms with Crippen LogP contribution in [0.2, 0.25) is 0 Å². The Morgan fingerprint density at radius 1 is 1.12 bits per heavy atom. The zero-order valence-electron chi connectivity index (χ0n) is 14.3. The maximum Gasteiger partial charge on any atom is 0.328 e. The lowest BCUT2D eigenvalue weighted by atomic mass is 10.2. The monoisotopic (exact) mass is 373 g/mol. The van der Waals surface area contributed by atoms with Gasteiger partial charge in [-0.15, -0.1) is 0 Å². The molecule has 1 amide bonds. The lowest BCUT2D eigenvalue weighted by Crippen LogP contribution is -2.44.